The number of rotatable bonds is 3. The molecule has 0 aliphatic heterocycles. The molecule has 3 heteroatoms. The maximum absolute atomic E-state index is 12.8. The fraction of sp³-hybridized carbons (Fsp3) is 0.688. The third kappa shape index (κ3) is 2.71. The molecule has 0 saturated heterocycles. The molecule has 0 bridgehead atoms. The summed E-state index contributed by atoms with van der Waals surface area (Å²) in [7, 11) is 0. The van der Waals surface area contributed by atoms with Crippen molar-refractivity contribution >= 4 is 17.2 Å². The largest absolute Gasteiger partial charge is 0.332 e. The molecule has 1 heterocycles. The standard InChI is InChI=1S/C16H23NOS/c1-11-3-5-13(6-4-11)17(14-7-8-14)16(18)15-12(2)9-10-19-15/h9-11,13-14H,3-8H2,1-2H3. The minimum atomic E-state index is 0.301. The van der Waals surface area contributed by atoms with Crippen molar-refractivity contribution in [3.05, 3.63) is 21.9 Å². The molecule has 2 aliphatic carbocycles. The van der Waals surface area contributed by atoms with Gasteiger partial charge in [-0.2, -0.15) is 0 Å². The first-order valence-electron chi connectivity index (χ1n) is 7.53. The van der Waals surface area contributed by atoms with Crippen LogP contribution >= 0.6 is 11.3 Å². The maximum atomic E-state index is 12.8. The monoisotopic (exact) mass is 277 g/mol. The Bertz CT molecular complexity index is 455. The van der Waals surface area contributed by atoms with Crippen LogP contribution in [0.4, 0.5) is 0 Å². The van der Waals surface area contributed by atoms with Crippen LogP contribution in [0.1, 0.15) is 60.7 Å². The fourth-order valence-electron chi connectivity index (χ4n) is 3.21. The second kappa shape index (κ2) is 5.28. The van der Waals surface area contributed by atoms with Crippen molar-refractivity contribution in [3.8, 4) is 0 Å². The molecule has 3 rings (SSSR count). The minimum Gasteiger partial charge on any atom is -0.332 e. The van der Waals surface area contributed by atoms with Crippen molar-refractivity contribution in [1.82, 2.24) is 4.90 Å². The molecule has 0 unspecified atom stereocenters. The fourth-order valence-corrected chi connectivity index (χ4v) is 4.08. The van der Waals surface area contributed by atoms with E-state index in [1.165, 1.54) is 38.5 Å². The van der Waals surface area contributed by atoms with Crippen molar-refractivity contribution in [3.63, 3.8) is 0 Å². The Labute approximate surface area is 119 Å². The van der Waals surface area contributed by atoms with Gasteiger partial charge in [-0.25, -0.2) is 0 Å². The van der Waals surface area contributed by atoms with Gasteiger partial charge >= 0.3 is 0 Å². The van der Waals surface area contributed by atoms with Crippen LogP contribution in [-0.4, -0.2) is 22.9 Å². The third-order valence-electron chi connectivity index (χ3n) is 4.61. The zero-order valence-electron chi connectivity index (χ0n) is 11.9. The van der Waals surface area contributed by atoms with Crippen molar-refractivity contribution in [2.45, 2.75) is 64.5 Å². The van der Waals surface area contributed by atoms with E-state index < -0.39 is 0 Å². The van der Waals surface area contributed by atoms with Gasteiger partial charge in [0.15, 0.2) is 0 Å². The Morgan fingerprint density at radius 2 is 1.74 bits per heavy atom. The van der Waals surface area contributed by atoms with Crippen LogP contribution < -0.4 is 0 Å². The summed E-state index contributed by atoms with van der Waals surface area (Å²) in [5, 5.41) is 2.04. The molecule has 0 radical (unpaired) electrons. The number of thiophene rings is 1. The van der Waals surface area contributed by atoms with Gasteiger partial charge in [0.1, 0.15) is 0 Å². The number of aryl methyl sites for hydroxylation is 1. The van der Waals surface area contributed by atoms with Gasteiger partial charge in [-0.15, -0.1) is 11.3 Å². The molecule has 104 valence electrons. The van der Waals surface area contributed by atoms with Crippen LogP contribution in [-0.2, 0) is 0 Å². The summed E-state index contributed by atoms with van der Waals surface area (Å²) in [6.45, 7) is 4.39. The summed E-state index contributed by atoms with van der Waals surface area (Å²) in [5.41, 5.74) is 1.14. The molecule has 0 atom stereocenters. The first-order chi connectivity index (χ1) is 9.16. The number of carbonyl (C=O) groups is 1. The van der Waals surface area contributed by atoms with Crippen LogP contribution in [0.25, 0.3) is 0 Å². The van der Waals surface area contributed by atoms with Gasteiger partial charge in [0.2, 0.25) is 0 Å². The van der Waals surface area contributed by atoms with Gasteiger partial charge in [-0.1, -0.05) is 6.92 Å². The van der Waals surface area contributed by atoms with E-state index in [4.69, 9.17) is 0 Å². The van der Waals surface area contributed by atoms with Gasteiger partial charge < -0.3 is 4.90 Å². The summed E-state index contributed by atoms with van der Waals surface area (Å²) in [6.07, 6.45) is 7.39. The lowest BCUT2D eigenvalue weighted by atomic mass is 9.86. The molecule has 1 aromatic heterocycles. The quantitative estimate of drug-likeness (QED) is 0.809. The lowest BCUT2D eigenvalue weighted by Crippen LogP contribution is -2.43. The summed E-state index contributed by atoms with van der Waals surface area (Å²) >= 11 is 1.60. The number of carbonyl (C=O) groups excluding carboxylic acids is 1. The molecule has 19 heavy (non-hydrogen) atoms. The van der Waals surface area contributed by atoms with Gasteiger partial charge in [-0.3, -0.25) is 4.79 Å². The Kier molecular flexibility index (Phi) is 3.66. The topological polar surface area (TPSA) is 20.3 Å². The molecule has 0 N–H and O–H groups in total. The smallest absolute Gasteiger partial charge is 0.264 e. The third-order valence-corrected chi connectivity index (χ3v) is 5.61. The van der Waals surface area contributed by atoms with E-state index in [0.29, 0.717) is 18.0 Å². The van der Waals surface area contributed by atoms with E-state index in [1.807, 2.05) is 5.38 Å². The van der Waals surface area contributed by atoms with Crippen molar-refractivity contribution in [2.24, 2.45) is 5.92 Å². The van der Waals surface area contributed by atoms with Crippen LogP contribution in [0.3, 0.4) is 0 Å². The Morgan fingerprint density at radius 3 is 2.21 bits per heavy atom. The highest BCUT2D eigenvalue weighted by molar-refractivity contribution is 7.12. The highest BCUT2D eigenvalue weighted by Crippen LogP contribution is 2.37. The second-order valence-electron chi connectivity index (χ2n) is 6.29. The zero-order valence-corrected chi connectivity index (χ0v) is 12.7. The molecule has 2 saturated carbocycles. The summed E-state index contributed by atoms with van der Waals surface area (Å²) in [5.74, 6) is 1.14. The average molecular weight is 277 g/mol. The second-order valence-corrected chi connectivity index (χ2v) is 7.21. The molecule has 1 aromatic rings. The summed E-state index contributed by atoms with van der Waals surface area (Å²) in [6, 6.07) is 3.09. The highest BCUT2D eigenvalue weighted by atomic mass is 32.1. The van der Waals surface area contributed by atoms with Crippen molar-refractivity contribution < 1.29 is 4.79 Å². The molecule has 2 fully saturated rings. The molecular weight excluding hydrogens is 254 g/mol. The van der Waals surface area contributed by atoms with Gasteiger partial charge in [-0.05, 0) is 68.4 Å². The predicted molar refractivity (Wildman–Crippen MR) is 79.7 cm³/mol. The van der Waals surface area contributed by atoms with E-state index in [1.54, 1.807) is 11.3 Å². The average Bonchev–Trinajstić information content (AvgIpc) is 3.13. The van der Waals surface area contributed by atoms with Gasteiger partial charge in [0.25, 0.3) is 5.91 Å². The summed E-state index contributed by atoms with van der Waals surface area (Å²) in [4.78, 5) is 16.0. The van der Waals surface area contributed by atoms with E-state index in [2.05, 4.69) is 24.8 Å². The first kappa shape index (κ1) is 13.2. The molecular formula is C16H23NOS. The van der Waals surface area contributed by atoms with Crippen LogP contribution in [0.2, 0.25) is 0 Å². The Hall–Kier alpha value is -0.830. The Morgan fingerprint density at radius 1 is 1.16 bits per heavy atom. The molecule has 0 aromatic carbocycles. The zero-order chi connectivity index (χ0) is 13.4. The van der Waals surface area contributed by atoms with Gasteiger partial charge in [0, 0.05) is 12.1 Å². The SMILES string of the molecule is Cc1ccsc1C(=O)N(C1CCC(C)CC1)C1CC1. The van der Waals surface area contributed by atoms with E-state index >= 15 is 0 Å². The van der Waals surface area contributed by atoms with Crippen LogP contribution in [0.15, 0.2) is 11.4 Å². The molecule has 1 amide bonds. The molecule has 0 spiro atoms. The van der Waals surface area contributed by atoms with E-state index in [0.717, 1.165) is 16.4 Å². The molecule has 2 nitrogen and oxygen atoms in total. The number of hydrogen-bond acceptors (Lipinski definition) is 2. The first-order valence-corrected chi connectivity index (χ1v) is 8.41. The normalized spacial score (nSPS) is 27.3. The number of nitrogens with zero attached hydrogens (tertiary/aromatic N) is 1. The lowest BCUT2D eigenvalue weighted by molar-refractivity contribution is 0.0597. The maximum Gasteiger partial charge on any atom is 0.264 e. The van der Waals surface area contributed by atoms with Gasteiger partial charge in [0.05, 0.1) is 4.88 Å². The van der Waals surface area contributed by atoms with Crippen molar-refractivity contribution in [1.29, 1.82) is 0 Å². The highest BCUT2D eigenvalue weighted by Gasteiger charge is 2.39. The lowest BCUT2D eigenvalue weighted by Gasteiger charge is -2.36. The predicted octanol–water partition coefficient (Wildman–Crippen LogP) is 4.24. The van der Waals surface area contributed by atoms with Crippen LogP contribution in [0.5, 0.6) is 0 Å². The minimum absolute atomic E-state index is 0.301. The number of amides is 1. The van der Waals surface area contributed by atoms with Crippen LogP contribution in [0, 0.1) is 12.8 Å². The number of hydrogen-bond donors (Lipinski definition) is 0. The van der Waals surface area contributed by atoms with Crippen molar-refractivity contribution in [2.75, 3.05) is 0 Å². The molecule has 2 aliphatic rings. The van der Waals surface area contributed by atoms with E-state index in [-0.39, 0.29) is 0 Å². The van der Waals surface area contributed by atoms with E-state index in [9.17, 15) is 4.79 Å². The Balaban J connectivity index is 1.78. The summed E-state index contributed by atoms with van der Waals surface area (Å²) < 4.78 is 0.